The Morgan fingerprint density at radius 1 is 1.29 bits per heavy atom. The molecule has 1 aliphatic rings. The van der Waals surface area contributed by atoms with Crippen LogP contribution in [-0.4, -0.2) is 45.8 Å². The first kappa shape index (κ1) is 24.4. The summed E-state index contributed by atoms with van der Waals surface area (Å²) in [6.07, 6.45) is 7.26. The van der Waals surface area contributed by atoms with Crippen LogP contribution in [0.25, 0.3) is 22.6 Å². The van der Waals surface area contributed by atoms with E-state index < -0.39 is 8.07 Å². The van der Waals surface area contributed by atoms with Gasteiger partial charge < -0.3 is 19.8 Å². The Hall–Kier alpha value is -2.72. The lowest BCUT2D eigenvalue weighted by atomic mass is 9.95. The molecule has 34 heavy (non-hydrogen) atoms. The van der Waals surface area contributed by atoms with Gasteiger partial charge >= 0.3 is 0 Å². The van der Waals surface area contributed by atoms with Gasteiger partial charge in [-0.3, -0.25) is 4.79 Å². The fourth-order valence-corrected chi connectivity index (χ4v) is 5.20. The molecule has 1 amide bonds. The van der Waals surface area contributed by atoms with E-state index in [9.17, 15) is 10.0 Å². The Balaban J connectivity index is 1.74. The SMILES string of the molecule is CC(C)NC(=O)c1cn(COCC[Si](C)(C)C)c2ncc(-c3c4c(n(C)[n+]3[O-])CCCC4)nc12. The van der Waals surface area contributed by atoms with Gasteiger partial charge in [-0.1, -0.05) is 24.5 Å². The van der Waals surface area contributed by atoms with Crippen LogP contribution in [0.15, 0.2) is 12.4 Å². The number of hydrogen-bond acceptors (Lipinski definition) is 5. The molecule has 3 aromatic rings. The molecule has 9 nitrogen and oxygen atoms in total. The van der Waals surface area contributed by atoms with Crippen molar-refractivity contribution >= 4 is 25.1 Å². The number of nitrogens with zero attached hydrogens (tertiary/aromatic N) is 5. The summed E-state index contributed by atoms with van der Waals surface area (Å²) in [7, 11) is 0.593. The summed E-state index contributed by atoms with van der Waals surface area (Å²) in [6.45, 7) is 11.7. The Bertz CT molecular complexity index is 1210. The van der Waals surface area contributed by atoms with Crippen molar-refractivity contribution < 1.29 is 14.4 Å². The molecule has 0 radical (unpaired) electrons. The van der Waals surface area contributed by atoms with E-state index in [1.807, 2.05) is 18.4 Å². The van der Waals surface area contributed by atoms with Gasteiger partial charge in [0, 0.05) is 26.9 Å². The third-order valence-corrected chi connectivity index (χ3v) is 7.98. The van der Waals surface area contributed by atoms with Gasteiger partial charge in [-0.15, -0.1) is 4.68 Å². The monoisotopic (exact) mass is 484 g/mol. The second kappa shape index (κ2) is 9.50. The quantitative estimate of drug-likeness (QED) is 0.229. The second-order valence-electron chi connectivity index (χ2n) is 10.7. The van der Waals surface area contributed by atoms with E-state index in [-0.39, 0.29) is 11.9 Å². The first-order valence-electron chi connectivity index (χ1n) is 12.1. The average molecular weight is 485 g/mol. The number of rotatable bonds is 8. The molecule has 4 rings (SSSR count). The van der Waals surface area contributed by atoms with Crippen LogP contribution in [0.5, 0.6) is 0 Å². The van der Waals surface area contributed by atoms with Crippen LogP contribution in [0, 0.1) is 5.21 Å². The minimum Gasteiger partial charge on any atom is -0.595 e. The van der Waals surface area contributed by atoms with Crippen LogP contribution in [0.1, 0.15) is 48.3 Å². The Kier molecular flexibility index (Phi) is 6.82. The highest BCUT2D eigenvalue weighted by atomic mass is 28.3. The molecule has 0 unspecified atom stereocenters. The molecular formula is C24H36N6O3Si. The maximum absolute atomic E-state index is 13.0. The molecule has 1 N–H and O–H groups in total. The molecule has 0 aliphatic heterocycles. The zero-order valence-electron chi connectivity index (χ0n) is 21.1. The van der Waals surface area contributed by atoms with Crippen LogP contribution in [0.4, 0.5) is 0 Å². The molecule has 0 saturated heterocycles. The third-order valence-electron chi connectivity index (χ3n) is 6.28. The van der Waals surface area contributed by atoms with Gasteiger partial charge in [-0.25, -0.2) is 9.97 Å². The van der Waals surface area contributed by atoms with Crippen LogP contribution >= 0.6 is 0 Å². The van der Waals surface area contributed by atoms with Crippen molar-refractivity contribution in [2.45, 2.75) is 78.0 Å². The van der Waals surface area contributed by atoms with Crippen molar-refractivity contribution in [3.8, 4) is 11.4 Å². The summed E-state index contributed by atoms with van der Waals surface area (Å²) >= 11 is 0. The van der Waals surface area contributed by atoms with E-state index in [2.05, 4.69) is 29.9 Å². The molecule has 0 bridgehead atoms. The Morgan fingerprint density at radius 3 is 2.74 bits per heavy atom. The predicted octanol–water partition coefficient (Wildman–Crippen LogP) is 3.40. The lowest BCUT2D eigenvalue weighted by Crippen LogP contribution is -2.38. The maximum Gasteiger partial charge on any atom is 0.274 e. The second-order valence-corrected chi connectivity index (χ2v) is 16.3. The molecule has 10 heteroatoms. The number of amides is 1. The Morgan fingerprint density at radius 2 is 2.03 bits per heavy atom. The fraction of sp³-hybridized carbons (Fsp3) is 0.583. The van der Waals surface area contributed by atoms with Crippen LogP contribution in [-0.2, 0) is 31.4 Å². The highest BCUT2D eigenvalue weighted by molar-refractivity contribution is 6.76. The summed E-state index contributed by atoms with van der Waals surface area (Å²) in [5.41, 5.74) is 4.64. The van der Waals surface area contributed by atoms with Crippen molar-refractivity contribution in [2.75, 3.05) is 6.61 Å². The van der Waals surface area contributed by atoms with Gasteiger partial charge in [0.2, 0.25) is 0 Å². The lowest BCUT2D eigenvalue weighted by Gasteiger charge is -2.15. The first-order chi connectivity index (χ1) is 16.1. The van der Waals surface area contributed by atoms with Crippen molar-refractivity contribution in [3.05, 3.63) is 34.4 Å². The number of carbonyl (C=O) groups is 1. The zero-order chi connectivity index (χ0) is 24.6. The molecule has 0 saturated carbocycles. The predicted molar refractivity (Wildman–Crippen MR) is 134 cm³/mol. The van der Waals surface area contributed by atoms with Gasteiger partial charge in [0.1, 0.15) is 12.2 Å². The first-order valence-corrected chi connectivity index (χ1v) is 15.8. The lowest BCUT2D eigenvalue weighted by molar-refractivity contribution is -0.682. The van der Waals surface area contributed by atoms with Crippen LogP contribution in [0.3, 0.4) is 0 Å². The summed E-state index contributed by atoms with van der Waals surface area (Å²) in [4.78, 5) is 23.4. The summed E-state index contributed by atoms with van der Waals surface area (Å²) < 4.78 is 9.43. The third kappa shape index (κ3) is 4.88. The minimum atomic E-state index is -1.20. The number of hydrogen-bond donors (Lipinski definition) is 1. The average Bonchev–Trinajstić information content (AvgIpc) is 3.25. The van der Waals surface area contributed by atoms with Gasteiger partial charge in [-0.05, 0) is 45.6 Å². The molecular weight excluding hydrogens is 448 g/mol. The highest BCUT2D eigenvalue weighted by Gasteiger charge is 2.30. The number of aromatic nitrogens is 5. The summed E-state index contributed by atoms with van der Waals surface area (Å²) in [6, 6.07) is 1.05. The molecule has 1 aliphatic carbocycles. The van der Waals surface area contributed by atoms with Crippen molar-refractivity contribution in [1.82, 2.24) is 24.5 Å². The van der Waals surface area contributed by atoms with Gasteiger partial charge in [0.05, 0.1) is 30.1 Å². The van der Waals surface area contributed by atoms with Crippen LogP contribution in [0.2, 0.25) is 25.7 Å². The number of nitrogens with one attached hydrogen (secondary N) is 1. The standard InChI is InChI=1S/C24H36N6O3Si/c1-16(2)26-24(31)18-14-29(15-33-11-12-34(4,5)6)23-21(18)27-19(13-25-23)22-17-9-7-8-10-20(17)28(3)30(22)32/h13-14,16H,7-12,15H2,1-6H3,(H,26,31). The molecule has 184 valence electrons. The van der Waals surface area contributed by atoms with Crippen molar-refractivity contribution in [1.29, 1.82) is 0 Å². The smallest absolute Gasteiger partial charge is 0.274 e. The van der Waals surface area contributed by atoms with Crippen LogP contribution < -0.4 is 10.2 Å². The molecule has 3 aromatic heterocycles. The van der Waals surface area contributed by atoms with Crippen molar-refractivity contribution in [2.24, 2.45) is 7.05 Å². The van der Waals surface area contributed by atoms with E-state index in [1.54, 1.807) is 24.1 Å². The van der Waals surface area contributed by atoms with Gasteiger partial charge in [0.25, 0.3) is 11.6 Å². The molecule has 0 aromatic carbocycles. The number of ether oxygens (including phenoxy) is 1. The Labute approximate surface area is 201 Å². The fourth-order valence-electron chi connectivity index (χ4n) is 4.44. The summed E-state index contributed by atoms with van der Waals surface area (Å²) in [5, 5.41) is 16.0. The normalized spacial score (nSPS) is 14.1. The maximum atomic E-state index is 13.0. The van der Waals surface area contributed by atoms with Gasteiger partial charge in [-0.2, -0.15) is 0 Å². The van der Waals surface area contributed by atoms with E-state index in [0.29, 0.717) is 41.5 Å². The van der Waals surface area contributed by atoms with E-state index >= 15 is 0 Å². The number of fused-ring (bicyclic) bond motifs is 2. The zero-order valence-corrected chi connectivity index (χ0v) is 22.1. The largest absolute Gasteiger partial charge is 0.595 e. The van der Waals surface area contributed by atoms with Gasteiger partial charge in [0.15, 0.2) is 11.3 Å². The molecule has 0 fully saturated rings. The van der Waals surface area contributed by atoms with E-state index in [1.165, 1.54) is 0 Å². The molecule has 0 atom stereocenters. The van der Waals surface area contributed by atoms with Crippen molar-refractivity contribution in [3.63, 3.8) is 0 Å². The molecule has 0 spiro atoms. The topological polar surface area (TPSA) is 101 Å². The number of carbonyl (C=O) groups excluding carboxylic acids is 1. The highest BCUT2D eigenvalue weighted by Crippen LogP contribution is 2.30. The minimum absolute atomic E-state index is 0.0139. The summed E-state index contributed by atoms with van der Waals surface area (Å²) in [5.74, 6) is -0.211. The van der Waals surface area contributed by atoms with E-state index in [0.717, 1.165) is 47.8 Å². The molecule has 3 heterocycles. The van der Waals surface area contributed by atoms with E-state index in [4.69, 9.17) is 9.72 Å².